The van der Waals surface area contributed by atoms with E-state index in [-0.39, 0.29) is 12.1 Å². The fraction of sp³-hybridized carbons (Fsp3) is 0.286. The maximum atomic E-state index is 5.68. The molecule has 144 valence electrons. The molecular weight excluding hydrogens is 370 g/mol. The lowest BCUT2D eigenvalue weighted by atomic mass is 10.0. The third-order valence-corrected chi connectivity index (χ3v) is 5.40. The van der Waals surface area contributed by atoms with E-state index in [2.05, 4.69) is 49.9 Å². The highest BCUT2D eigenvalue weighted by molar-refractivity contribution is 7.80. The van der Waals surface area contributed by atoms with Crippen LogP contribution in [0, 0.1) is 6.92 Å². The van der Waals surface area contributed by atoms with Crippen LogP contribution >= 0.6 is 12.2 Å². The van der Waals surface area contributed by atoms with Gasteiger partial charge in [0.25, 0.3) is 0 Å². The molecule has 0 amide bonds. The maximum absolute atomic E-state index is 5.68. The van der Waals surface area contributed by atoms with E-state index in [1.807, 2.05) is 36.7 Å². The molecule has 1 N–H and O–H groups in total. The molecule has 1 aliphatic rings. The highest BCUT2D eigenvalue weighted by Gasteiger charge is 2.41. The minimum atomic E-state index is -0.0460. The zero-order valence-electron chi connectivity index (χ0n) is 15.9. The molecule has 28 heavy (non-hydrogen) atoms. The molecule has 0 spiro atoms. The number of ether oxygens (including phenoxy) is 1. The second kappa shape index (κ2) is 8.08. The predicted octanol–water partition coefficient (Wildman–Crippen LogP) is 3.19. The molecule has 0 unspecified atom stereocenters. The zero-order chi connectivity index (χ0) is 19.5. The summed E-state index contributed by atoms with van der Waals surface area (Å²) < 4.78 is 7.57. The molecule has 4 rings (SSSR count). The summed E-state index contributed by atoms with van der Waals surface area (Å²) in [6.07, 6.45) is 5.49. The van der Waals surface area contributed by atoms with Gasteiger partial charge in [-0.25, -0.2) is 0 Å². The van der Waals surface area contributed by atoms with E-state index in [1.165, 1.54) is 0 Å². The normalized spacial score (nSPS) is 19.1. The van der Waals surface area contributed by atoms with Gasteiger partial charge in [-0.2, -0.15) is 0 Å². The molecule has 4 heterocycles. The number of pyridine rings is 2. The van der Waals surface area contributed by atoms with Gasteiger partial charge in [0, 0.05) is 37.4 Å². The van der Waals surface area contributed by atoms with Gasteiger partial charge in [-0.3, -0.25) is 9.97 Å². The fourth-order valence-electron chi connectivity index (χ4n) is 3.79. The quantitative estimate of drug-likeness (QED) is 0.649. The van der Waals surface area contributed by atoms with Crippen molar-refractivity contribution in [2.75, 3.05) is 20.3 Å². The van der Waals surface area contributed by atoms with Gasteiger partial charge < -0.3 is 19.5 Å². The summed E-state index contributed by atoms with van der Waals surface area (Å²) in [4.78, 5) is 11.1. The molecule has 0 bridgehead atoms. The van der Waals surface area contributed by atoms with Crippen molar-refractivity contribution in [3.63, 3.8) is 0 Å². The summed E-state index contributed by atoms with van der Waals surface area (Å²) in [6.45, 7) is 3.40. The van der Waals surface area contributed by atoms with E-state index < -0.39 is 0 Å². The third kappa shape index (κ3) is 3.39. The van der Waals surface area contributed by atoms with Gasteiger partial charge in [0.15, 0.2) is 5.11 Å². The van der Waals surface area contributed by atoms with Crippen LogP contribution in [0.25, 0.3) is 5.69 Å². The second-order valence-electron chi connectivity index (χ2n) is 6.76. The summed E-state index contributed by atoms with van der Waals surface area (Å²) in [5.74, 6) is 0. The van der Waals surface area contributed by atoms with Crippen molar-refractivity contribution in [3.05, 3.63) is 78.1 Å². The number of aromatic nitrogens is 3. The smallest absolute Gasteiger partial charge is 0.170 e. The van der Waals surface area contributed by atoms with Crippen LogP contribution in [-0.4, -0.2) is 44.8 Å². The Hall–Kier alpha value is -2.77. The summed E-state index contributed by atoms with van der Waals surface area (Å²) in [5, 5.41) is 4.19. The lowest BCUT2D eigenvalue weighted by molar-refractivity contribution is 0.163. The standard InChI is InChI=1S/C21H23N5OS/c1-15-8-9-18(26(15)16-6-5-10-22-14-16)20-19(17-7-3-4-11-23-17)24-21(28)25(20)12-13-27-2/h3-11,14,19-20H,12-13H2,1-2H3,(H,24,28)/t19-,20+/m0/s1. The van der Waals surface area contributed by atoms with Crippen molar-refractivity contribution in [2.45, 2.75) is 19.0 Å². The first kappa shape index (κ1) is 18.6. The minimum Gasteiger partial charge on any atom is -0.383 e. The second-order valence-corrected chi connectivity index (χ2v) is 7.15. The molecule has 3 aromatic heterocycles. The molecular formula is C21H23N5OS. The Kier molecular flexibility index (Phi) is 5.36. The lowest BCUT2D eigenvalue weighted by Gasteiger charge is -2.29. The largest absolute Gasteiger partial charge is 0.383 e. The van der Waals surface area contributed by atoms with E-state index in [0.717, 1.165) is 22.8 Å². The molecule has 3 aromatic rings. The number of methoxy groups -OCH3 is 1. The van der Waals surface area contributed by atoms with Crippen molar-refractivity contribution in [1.29, 1.82) is 0 Å². The Morgan fingerprint density at radius 1 is 1.14 bits per heavy atom. The first-order valence-corrected chi connectivity index (χ1v) is 9.67. The number of thiocarbonyl (C=S) groups is 1. The SMILES string of the molecule is COCCN1C(=S)N[C@@H](c2ccccn2)[C@H]1c1ccc(C)n1-c1cccnc1. The van der Waals surface area contributed by atoms with E-state index in [9.17, 15) is 0 Å². The first-order chi connectivity index (χ1) is 13.7. The number of nitrogens with one attached hydrogen (secondary N) is 1. The summed E-state index contributed by atoms with van der Waals surface area (Å²) in [6, 6.07) is 14.2. The van der Waals surface area contributed by atoms with Crippen LogP contribution in [0.4, 0.5) is 0 Å². The number of hydrogen-bond acceptors (Lipinski definition) is 4. The number of rotatable bonds is 6. The average molecular weight is 394 g/mol. The van der Waals surface area contributed by atoms with Crippen LogP contribution < -0.4 is 5.32 Å². The highest BCUT2D eigenvalue weighted by Crippen LogP contribution is 2.39. The van der Waals surface area contributed by atoms with E-state index in [1.54, 1.807) is 13.3 Å². The molecule has 1 saturated heterocycles. The monoisotopic (exact) mass is 393 g/mol. The Morgan fingerprint density at radius 3 is 2.75 bits per heavy atom. The Labute approximate surface area is 170 Å². The topological polar surface area (TPSA) is 55.2 Å². The first-order valence-electron chi connectivity index (χ1n) is 9.26. The van der Waals surface area contributed by atoms with Gasteiger partial charge in [-0.05, 0) is 55.5 Å². The minimum absolute atomic E-state index is 0.00791. The molecule has 0 aromatic carbocycles. The van der Waals surface area contributed by atoms with Gasteiger partial charge in [-0.15, -0.1) is 0 Å². The number of nitrogens with zero attached hydrogens (tertiary/aromatic N) is 4. The summed E-state index contributed by atoms with van der Waals surface area (Å²) in [5.41, 5.74) is 4.28. The fourth-order valence-corrected chi connectivity index (χ4v) is 4.12. The molecule has 7 heteroatoms. The Bertz CT molecular complexity index is 944. The van der Waals surface area contributed by atoms with Gasteiger partial charge in [0.2, 0.25) is 0 Å². The van der Waals surface area contributed by atoms with Crippen LogP contribution in [0.15, 0.2) is 61.1 Å². The summed E-state index contributed by atoms with van der Waals surface area (Å²) >= 11 is 5.68. The van der Waals surface area contributed by atoms with Crippen LogP contribution in [0.5, 0.6) is 0 Å². The van der Waals surface area contributed by atoms with Gasteiger partial charge >= 0.3 is 0 Å². The predicted molar refractivity (Wildman–Crippen MR) is 112 cm³/mol. The Balaban J connectivity index is 1.82. The number of hydrogen-bond donors (Lipinski definition) is 1. The van der Waals surface area contributed by atoms with E-state index in [4.69, 9.17) is 17.0 Å². The van der Waals surface area contributed by atoms with E-state index >= 15 is 0 Å². The van der Waals surface area contributed by atoms with Crippen LogP contribution in [-0.2, 0) is 4.74 Å². The van der Waals surface area contributed by atoms with Crippen LogP contribution in [0.2, 0.25) is 0 Å². The maximum Gasteiger partial charge on any atom is 0.170 e. The number of aryl methyl sites for hydroxylation is 1. The lowest BCUT2D eigenvalue weighted by Crippen LogP contribution is -2.33. The van der Waals surface area contributed by atoms with E-state index in [0.29, 0.717) is 18.3 Å². The molecule has 0 radical (unpaired) electrons. The average Bonchev–Trinajstić information content (AvgIpc) is 3.27. The Morgan fingerprint density at radius 2 is 2.04 bits per heavy atom. The van der Waals surface area contributed by atoms with Gasteiger partial charge in [0.05, 0.1) is 36.3 Å². The third-order valence-electron chi connectivity index (χ3n) is 5.05. The van der Waals surface area contributed by atoms with Crippen molar-refractivity contribution in [3.8, 4) is 5.69 Å². The summed E-state index contributed by atoms with van der Waals surface area (Å²) in [7, 11) is 1.71. The molecule has 2 atom stereocenters. The zero-order valence-corrected chi connectivity index (χ0v) is 16.8. The molecule has 0 aliphatic carbocycles. The van der Waals surface area contributed by atoms with Crippen molar-refractivity contribution >= 4 is 17.3 Å². The highest BCUT2D eigenvalue weighted by atomic mass is 32.1. The molecule has 0 saturated carbocycles. The van der Waals surface area contributed by atoms with Gasteiger partial charge in [0.1, 0.15) is 0 Å². The van der Waals surface area contributed by atoms with Crippen LogP contribution in [0.3, 0.4) is 0 Å². The van der Waals surface area contributed by atoms with Gasteiger partial charge in [-0.1, -0.05) is 6.07 Å². The van der Waals surface area contributed by atoms with Crippen molar-refractivity contribution in [2.24, 2.45) is 0 Å². The molecule has 1 aliphatic heterocycles. The van der Waals surface area contributed by atoms with Crippen LogP contribution in [0.1, 0.15) is 29.2 Å². The van der Waals surface area contributed by atoms with Crippen molar-refractivity contribution in [1.82, 2.24) is 24.8 Å². The molecule has 1 fully saturated rings. The molecule has 6 nitrogen and oxygen atoms in total. The van der Waals surface area contributed by atoms with Crippen molar-refractivity contribution < 1.29 is 4.74 Å².